The average molecular weight is 489 g/mol. The molecule has 172 valence electrons. The van der Waals surface area contributed by atoms with Gasteiger partial charge in [-0.25, -0.2) is 4.79 Å². The van der Waals surface area contributed by atoms with Crippen LogP contribution in [0.2, 0.25) is 0 Å². The molecule has 0 unspecified atom stereocenters. The van der Waals surface area contributed by atoms with Gasteiger partial charge in [0.25, 0.3) is 5.56 Å². The lowest BCUT2D eigenvalue weighted by atomic mass is 10.2. The predicted molar refractivity (Wildman–Crippen MR) is 142 cm³/mol. The van der Waals surface area contributed by atoms with E-state index >= 15 is 0 Å². The fraction of sp³-hybridized carbons (Fsp3) is 0.115. The van der Waals surface area contributed by atoms with Gasteiger partial charge >= 0.3 is 5.69 Å². The summed E-state index contributed by atoms with van der Waals surface area (Å²) in [5.41, 5.74) is 1.10. The molecule has 1 aromatic heterocycles. The molecule has 0 fully saturated rings. The van der Waals surface area contributed by atoms with Crippen molar-refractivity contribution in [3.63, 3.8) is 0 Å². The van der Waals surface area contributed by atoms with Crippen LogP contribution in [0.3, 0.4) is 0 Å². The molecule has 3 aromatic carbocycles. The highest BCUT2D eigenvalue weighted by molar-refractivity contribution is 7.87. The average Bonchev–Trinajstić information content (AvgIpc) is 2.86. The van der Waals surface area contributed by atoms with E-state index in [1.165, 1.54) is 11.6 Å². The van der Waals surface area contributed by atoms with E-state index < -0.39 is 21.9 Å². The van der Waals surface area contributed by atoms with Crippen LogP contribution in [0.4, 0.5) is 11.5 Å². The summed E-state index contributed by atoms with van der Waals surface area (Å²) in [4.78, 5) is 28.2. The highest BCUT2D eigenvalue weighted by Crippen LogP contribution is 2.25. The maximum Gasteiger partial charge on any atom is 0.332 e. The van der Waals surface area contributed by atoms with Crippen molar-refractivity contribution in [1.82, 2.24) is 9.13 Å². The van der Waals surface area contributed by atoms with E-state index in [0.717, 1.165) is 25.6 Å². The first-order valence-corrected chi connectivity index (χ1v) is 12.2. The number of nitrogens with zero attached hydrogens (tertiary/aromatic N) is 3. The second-order valence-electron chi connectivity index (χ2n) is 7.73. The molecule has 0 atom stereocenters. The van der Waals surface area contributed by atoms with Gasteiger partial charge in [0.2, 0.25) is 0 Å². The van der Waals surface area contributed by atoms with E-state index in [9.17, 15) is 9.59 Å². The number of anilines is 1. The molecule has 8 heteroatoms. The van der Waals surface area contributed by atoms with E-state index in [-0.39, 0.29) is 16.4 Å². The normalized spacial score (nSPS) is 10.8. The Morgan fingerprint density at radius 3 is 1.88 bits per heavy atom. The van der Waals surface area contributed by atoms with E-state index in [1.807, 2.05) is 91.9 Å². The quantitative estimate of drug-likeness (QED) is 0.413. The molecule has 1 heterocycles. The van der Waals surface area contributed by atoms with Crippen molar-refractivity contribution < 1.29 is 0 Å². The molecular formula is C26H24N4O2S2. The highest BCUT2D eigenvalue weighted by Gasteiger charge is 2.21. The van der Waals surface area contributed by atoms with Crippen LogP contribution in [0.1, 0.15) is 11.1 Å². The lowest BCUT2D eigenvalue weighted by Crippen LogP contribution is -2.41. The first-order valence-electron chi connectivity index (χ1n) is 10.6. The van der Waals surface area contributed by atoms with E-state index in [0.29, 0.717) is 0 Å². The fourth-order valence-corrected chi connectivity index (χ4v) is 5.39. The number of hydrogen-bond donors (Lipinski definition) is 1. The molecular weight excluding hydrogens is 464 g/mol. The van der Waals surface area contributed by atoms with Crippen molar-refractivity contribution in [2.75, 3.05) is 5.32 Å². The minimum atomic E-state index is -0.782. The summed E-state index contributed by atoms with van der Waals surface area (Å²) in [6, 6.07) is 27.3. The van der Waals surface area contributed by atoms with Crippen molar-refractivity contribution in [3.8, 4) is 0 Å². The Morgan fingerprint density at radius 1 is 0.824 bits per heavy atom. The van der Waals surface area contributed by atoms with Crippen molar-refractivity contribution in [2.45, 2.75) is 16.7 Å². The van der Waals surface area contributed by atoms with Crippen LogP contribution in [0.25, 0.3) is 0 Å². The molecule has 0 aliphatic rings. The van der Waals surface area contributed by atoms with Crippen LogP contribution in [-0.2, 0) is 24.8 Å². The molecule has 4 rings (SSSR count). The Bertz CT molecular complexity index is 1450. The van der Waals surface area contributed by atoms with E-state index in [2.05, 4.69) is 5.32 Å². The van der Waals surface area contributed by atoms with Crippen molar-refractivity contribution in [2.24, 2.45) is 18.5 Å². The van der Waals surface area contributed by atoms with Crippen LogP contribution in [0.5, 0.6) is 0 Å². The third kappa shape index (κ3) is 4.83. The number of aryl methyl sites for hydroxylation is 1. The van der Waals surface area contributed by atoms with Crippen LogP contribution in [0, 0.1) is 6.92 Å². The van der Waals surface area contributed by atoms with Gasteiger partial charge in [-0.1, -0.05) is 66.3 Å². The van der Waals surface area contributed by atoms with Crippen LogP contribution >= 0.6 is 12.2 Å². The van der Waals surface area contributed by atoms with Gasteiger partial charge in [0.1, 0.15) is 10.6 Å². The van der Waals surface area contributed by atoms with Gasteiger partial charge in [-0.05, 0) is 54.0 Å². The van der Waals surface area contributed by atoms with Gasteiger partial charge in [0.15, 0.2) is 5.82 Å². The zero-order valence-corrected chi connectivity index (χ0v) is 20.7. The largest absolute Gasteiger partial charge is 0.346 e. The summed E-state index contributed by atoms with van der Waals surface area (Å²) in [6.07, 6.45) is 0. The Labute approximate surface area is 205 Å². The molecule has 0 saturated carbocycles. The lowest BCUT2D eigenvalue weighted by molar-refractivity contribution is 0.687. The smallest absolute Gasteiger partial charge is 0.332 e. The standard InChI is InChI=1S/C26H24N4O2S2/c1-18-14-16-19(17-15-18)27-24(33)22-23(29(2)26(32)30(3)25(22)31)28-34(20-10-6-4-7-11-20)21-12-8-5-9-13-21/h4-17H,1-3H3,(H,27,33). The number of hydrogen-bond acceptors (Lipinski definition) is 4. The zero-order valence-electron chi connectivity index (χ0n) is 19.1. The van der Waals surface area contributed by atoms with E-state index in [4.69, 9.17) is 16.6 Å². The van der Waals surface area contributed by atoms with Crippen LogP contribution in [-0.4, -0.2) is 14.1 Å². The minimum absolute atomic E-state index is 0.185. The number of rotatable bonds is 5. The fourth-order valence-electron chi connectivity index (χ4n) is 3.40. The third-order valence-corrected chi connectivity index (χ3v) is 7.38. The first kappa shape index (κ1) is 23.5. The molecule has 4 aromatic rings. The number of aromatic nitrogens is 2. The Kier molecular flexibility index (Phi) is 7.00. The summed E-state index contributed by atoms with van der Waals surface area (Å²) >= 11 is 5.66. The Balaban J connectivity index is 1.95. The summed E-state index contributed by atoms with van der Waals surface area (Å²) in [5.74, 6) is 0.244. The monoisotopic (exact) mass is 488 g/mol. The molecule has 0 spiro atoms. The summed E-state index contributed by atoms with van der Waals surface area (Å²) in [6.45, 7) is 2.00. The second-order valence-corrected chi connectivity index (χ2v) is 9.83. The number of thiocarbonyl (C=S) groups is 1. The van der Waals surface area contributed by atoms with E-state index in [1.54, 1.807) is 7.05 Å². The molecule has 34 heavy (non-hydrogen) atoms. The number of nitrogens with one attached hydrogen (secondary N) is 1. The maximum absolute atomic E-state index is 13.3. The van der Waals surface area contributed by atoms with Gasteiger partial charge in [-0.2, -0.15) is 4.36 Å². The molecule has 1 N–H and O–H groups in total. The van der Waals surface area contributed by atoms with Gasteiger partial charge in [0.05, 0.1) is 0 Å². The summed E-state index contributed by atoms with van der Waals surface area (Å²) in [7, 11) is 2.27. The highest BCUT2D eigenvalue weighted by atomic mass is 32.2. The first-order chi connectivity index (χ1) is 16.4. The lowest BCUT2D eigenvalue weighted by Gasteiger charge is -2.16. The molecule has 0 saturated heterocycles. The molecule has 6 nitrogen and oxygen atoms in total. The topological polar surface area (TPSA) is 68.4 Å². The minimum Gasteiger partial charge on any atom is -0.346 e. The third-order valence-electron chi connectivity index (χ3n) is 5.28. The van der Waals surface area contributed by atoms with Crippen LogP contribution in [0.15, 0.2) is 109 Å². The molecule has 0 aliphatic heterocycles. The molecule has 0 radical (unpaired) electrons. The van der Waals surface area contributed by atoms with Crippen LogP contribution < -0.4 is 16.6 Å². The molecule has 0 amide bonds. The molecule has 0 aliphatic carbocycles. The van der Waals surface area contributed by atoms with Crippen molar-refractivity contribution >= 4 is 39.4 Å². The Morgan fingerprint density at radius 2 is 1.35 bits per heavy atom. The molecule has 0 bridgehead atoms. The predicted octanol–water partition coefficient (Wildman–Crippen LogP) is 4.73. The van der Waals surface area contributed by atoms with Gasteiger partial charge < -0.3 is 5.32 Å². The maximum atomic E-state index is 13.3. The summed E-state index contributed by atoms with van der Waals surface area (Å²) < 4.78 is 7.42. The second kappa shape index (κ2) is 10.1. The summed E-state index contributed by atoms with van der Waals surface area (Å²) in [5, 5.41) is 3.14. The van der Waals surface area contributed by atoms with Gasteiger partial charge in [-0.3, -0.25) is 13.9 Å². The Hall–Kier alpha value is -3.62. The van der Waals surface area contributed by atoms with Gasteiger partial charge in [-0.15, -0.1) is 0 Å². The van der Waals surface area contributed by atoms with Crippen molar-refractivity contribution in [1.29, 1.82) is 0 Å². The SMILES string of the molecule is Cc1ccc(NC(=S)c2c(N=S(c3ccccc3)c3ccccc3)n(C)c(=O)n(C)c2=O)cc1. The van der Waals surface area contributed by atoms with Gasteiger partial charge in [0, 0.05) is 29.6 Å². The zero-order chi connectivity index (χ0) is 24.2. The van der Waals surface area contributed by atoms with Crippen molar-refractivity contribution in [3.05, 3.63) is 117 Å². The number of benzene rings is 3.